The zero-order valence-corrected chi connectivity index (χ0v) is 17.2. The fraction of sp³-hybridized carbons (Fsp3) is 0.0714. The molecule has 5 aromatic rings. The number of nitrogens with one attached hydrogen (secondary N) is 1. The number of aromatic nitrogens is 2. The highest BCUT2D eigenvalue weighted by molar-refractivity contribution is 5.93. The van der Waals surface area contributed by atoms with Crippen LogP contribution in [0.5, 0.6) is 0 Å². The Labute approximate surface area is 182 Å². The molecular formula is C28H23N3. The summed E-state index contributed by atoms with van der Waals surface area (Å²) in [5, 5.41) is 4.44. The number of para-hydroxylation sites is 1. The van der Waals surface area contributed by atoms with Gasteiger partial charge in [0.2, 0.25) is 5.95 Å². The maximum absolute atomic E-state index is 4.84. The molecule has 0 aliphatic rings. The minimum absolute atomic E-state index is 0.606. The van der Waals surface area contributed by atoms with Gasteiger partial charge in [0.15, 0.2) is 0 Å². The van der Waals surface area contributed by atoms with Gasteiger partial charge in [0.05, 0.1) is 11.2 Å². The van der Waals surface area contributed by atoms with Crippen molar-refractivity contribution >= 4 is 22.5 Å². The lowest BCUT2D eigenvalue weighted by molar-refractivity contribution is 0.960. The van der Waals surface area contributed by atoms with Crippen LogP contribution in [0.25, 0.3) is 22.2 Å². The molecule has 0 bridgehead atoms. The number of anilines is 2. The molecule has 1 N–H and O–H groups in total. The molecule has 5 rings (SSSR count). The summed E-state index contributed by atoms with van der Waals surface area (Å²) >= 11 is 0. The van der Waals surface area contributed by atoms with E-state index >= 15 is 0 Å². The summed E-state index contributed by atoms with van der Waals surface area (Å²) in [6.07, 6.45) is 2.07. The van der Waals surface area contributed by atoms with Crippen molar-refractivity contribution in [3.8, 4) is 11.3 Å². The Hall–Kier alpha value is -3.98. The van der Waals surface area contributed by atoms with Gasteiger partial charge in [-0.1, -0.05) is 91.0 Å². The van der Waals surface area contributed by atoms with Crippen molar-refractivity contribution in [1.29, 1.82) is 0 Å². The Kier molecular flexibility index (Phi) is 5.40. The third-order valence-corrected chi connectivity index (χ3v) is 5.41. The van der Waals surface area contributed by atoms with E-state index in [1.54, 1.807) is 0 Å². The summed E-state index contributed by atoms with van der Waals surface area (Å²) in [4.78, 5) is 9.58. The highest BCUT2D eigenvalue weighted by atomic mass is 15.1. The van der Waals surface area contributed by atoms with Crippen molar-refractivity contribution in [2.45, 2.75) is 12.8 Å². The normalized spacial score (nSPS) is 10.8. The highest BCUT2D eigenvalue weighted by Gasteiger charge is 2.09. The quantitative estimate of drug-likeness (QED) is 0.339. The predicted octanol–water partition coefficient (Wildman–Crippen LogP) is 6.83. The average Bonchev–Trinajstić information content (AvgIpc) is 2.84. The second kappa shape index (κ2) is 8.80. The van der Waals surface area contributed by atoms with Crippen molar-refractivity contribution in [2.75, 3.05) is 5.32 Å². The number of fused-ring (bicyclic) bond motifs is 1. The fourth-order valence-electron chi connectivity index (χ4n) is 3.77. The molecule has 0 aliphatic heterocycles. The van der Waals surface area contributed by atoms with Gasteiger partial charge in [0.1, 0.15) is 0 Å². The standard InChI is InChI=1S/C28H23N3/c1-3-9-21(10-4-1)15-16-22-17-19-24(20-18-22)29-28-30-26-14-8-7-13-25(26)27(31-28)23-11-5-2-6-12-23/h1-14,17-20H,15-16H2,(H,29,30,31). The van der Waals surface area contributed by atoms with Gasteiger partial charge in [-0.3, -0.25) is 0 Å². The van der Waals surface area contributed by atoms with Crippen molar-refractivity contribution in [2.24, 2.45) is 0 Å². The van der Waals surface area contributed by atoms with Crippen LogP contribution in [0.1, 0.15) is 11.1 Å². The first-order chi connectivity index (χ1) is 15.3. The molecule has 4 aromatic carbocycles. The lowest BCUT2D eigenvalue weighted by atomic mass is 10.0. The molecule has 3 heteroatoms. The summed E-state index contributed by atoms with van der Waals surface area (Å²) in [6.45, 7) is 0. The van der Waals surface area contributed by atoms with E-state index in [1.165, 1.54) is 11.1 Å². The molecule has 0 aliphatic carbocycles. The van der Waals surface area contributed by atoms with Gasteiger partial charge in [-0.25, -0.2) is 9.97 Å². The van der Waals surface area contributed by atoms with E-state index in [0.717, 1.165) is 40.7 Å². The predicted molar refractivity (Wildman–Crippen MR) is 129 cm³/mol. The van der Waals surface area contributed by atoms with Crippen LogP contribution in [0.15, 0.2) is 109 Å². The van der Waals surface area contributed by atoms with E-state index in [2.05, 4.69) is 78.1 Å². The molecule has 1 heterocycles. The zero-order valence-electron chi connectivity index (χ0n) is 17.2. The average molecular weight is 402 g/mol. The van der Waals surface area contributed by atoms with E-state index in [-0.39, 0.29) is 0 Å². The largest absolute Gasteiger partial charge is 0.324 e. The first-order valence-electron chi connectivity index (χ1n) is 10.6. The molecule has 0 spiro atoms. The monoisotopic (exact) mass is 401 g/mol. The minimum atomic E-state index is 0.606. The zero-order chi connectivity index (χ0) is 20.9. The van der Waals surface area contributed by atoms with Gasteiger partial charge in [0.25, 0.3) is 0 Å². The van der Waals surface area contributed by atoms with Gasteiger partial charge < -0.3 is 5.32 Å². The maximum atomic E-state index is 4.84. The van der Waals surface area contributed by atoms with E-state index in [1.807, 2.05) is 36.4 Å². The van der Waals surface area contributed by atoms with Crippen LogP contribution in [-0.2, 0) is 12.8 Å². The lowest BCUT2D eigenvalue weighted by Crippen LogP contribution is -2.00. The molecule has 150 valence electrons. The number of rotatable bonds is 6. The summed E-state index contributed by atoms with van der Waals surface area (Å²) in [7, 11) is 0. The number of nitrogens with zero attached hydrogens (tertiary/aromatic N) is 2. The SMILES string of the molecule is c1ccc(CCc2ccc(Nc3nc(-c4ccccc4)c4ccccc4n3)cc2)cc1. The molecule has 1 aromatic heterocycles. The summed E-state index contributed by atoms with van der Waals surface area (Å²) < 4.78 is 0. The molecule has 0 fully saturated rings. The molecule has 0 radical (unpaired) electrons. The van der Waals surface area contributed by atoms with Gasteiger partial charge in [0, 0.05) is 16.6 Å². The van der Waals surface area contributed by atoms with Crippen LogP contribution in [-0.4, -0.2) is 9.97 Å². The van der Waals surface area contributed by atoms with E-state index in [9.17, 15) is 0 Å². The van der Waals surface area contributed by atoms with Crippen molar-refractivity contribution in [3.05, 3.63) is 120 Å². The van der Waals surface area contributed by atoms with Crippen LogP contribution in [0, 0.1) is 0 Å². The Balaban J connectivity index is 1.38. The maximum Gasteiger partial charge on any atom is 0.228 e. The third-order valence-electron chi connectivity index (χ3n) is 5.41. The van der Waals surface area contributed by atoms with Gasteiger partial charge in [-0.05, 0) is 42.2 Å². The van der Waals surface area contributed by atoms with Crippen LogP contribution in [0.2, 0.25) is 0 Å². The molecule has 0 amide bonds. The Morgan fingerprint density at radius 3 is 1.90 bits per heavy atom. The van der Waals surface area contributed by atoms with Crippen LogP contribution in [0.4, 0.5) is 11.6 Å². The topological polar surface area (TPSA) is 37.8 Å². The van der Waals surface area contributed by atoms with Crippen molar-refractivity contribution in [1.82, 2.24) is 9.97 Å². The summed E-state index contributed by atoms with van der Waals surface area (Å²) in [5.41, 5.74) is 6.62. The third kappa shape index (κ3) is 4.46. The molecule has 0 saturated carbocycles. The molecule has 0 atom stereocenters. The Bertz CT molecular complexity index is 1280. The van der Waals surface area contributed by atoms with Crippen molar-refractivity contribution < 1.29 is 0 Å². The number of hydrogen-bond acceptors (Lipinski definition) is 3. The second-order valence-electron chi connectivity index (χ2n) is 7.59. The van der Waals surface area contributed by atoms with Crippen LogP contribution in [0.3, 0.4) is 0 Å². The second-order valence-corrected chi connectivity index (χ2v) is 7.59. The Morgan fingerprint density at radius 1 is 0.548 bits per heavy atom. The molecule has 3 nitrogen and oxygen atoms in total. The van der Waals surface area contributed by atoms with Crippen LogP contribution >= 0.6 is 0 Å². The smallest absolute Gasteiger partial charge is 0.228 e. The highest BCUT2D eigenvalue weighted by Crippen LogP contribution is 2.28. The summed E-state index contributed by atoms with van der Waals surface area (Å²) in [5.74, 6) is 0.606. The summed E-state index contributed by atoms with van der Waals surface area (Å²) in [6, 6.07) is 37.5. The van der Waals surface area contributed by atoms with E-state index in [0.29, 0.717) is 5.95 Å². The molecule has 0 unspecified atom stereocenters. The number of benzene rings is 4. The minimum Gasteiger partial charge on any atom is -0.324 e. The van der Waals surface area contributed by atoms with Crippen LogP contribution < -0.4 is 5.32 Å². The molecule has 31 heavy (non-hydrogen) atoms. The number of aryl methyl sites for hydroxylation is 2. The van der Waals surface area contributed by atoms with Gasteiger partial charge in [-0.15, -0.1) is 0 Å². The van der Waals surface area contributed by atoms with Crippen molar-refractivity contribution in [3.63, 3.8) is 0 Å². The van der Waals surface area contributed by atoms with E-state index in [4.69, 9.17) is 9.97 Å². The Morgan fingerprint density at radius 2 is 1.16 bits per heavy atom. The molecule has 0 saturated heterocycles. The lowest BCUT2D eigenvalue weighted by Gasteiger charge is -2.11. The molecular weight excluding hydrogens is 378 g/mol. The first-order valence-corrected chi connectivity index (χ1v) is 10.6. The number of hydrogen-bond donors (Lipinski definition) is 1. The van der Waals surface area contributed by atoms with Gasteiger partial charge in [-0.2, -0.15) is 0 Å². The first kappa shape index (κ1) is 19.0. The fourth-order valence-corrected chi connectivity index (χ4v) is 3.77. The van der Waals surface area contributed by atoms with E-state index < -0.39 is 0 Å². The van der Waals surface area contributed by atoms with Gasteiger partial charge >= 0.3 is 0 Å².